The van der Waals surface area contributed by atoms with Crippen molar-refractivity contribution < 1.29 is 5.11 Å². The molecule has 2 heterocycles. The molecule has 2 N–H and O–H groups in total. The highest BCUT2D eigenvalue weighted by molar-refractivity contribution is 4.96. The monoisotopic (exact) mass is 198 g/mol. The molecule has 0 spiro atoms. The van der Waals surface area contributed by atoms with Gasteiger partial charge in [-0.3, -0.25) is 4.90 Å². The summed E-state index contributed by atoms with van der Waals surface area (Å²) in [6, 6.07) is 1.70. The number of hydrogen-bond acceptors (Lipinski definition) is 3. The molecular formula is C11H22N2O. The summed E-state index contributed by atoms with van der Waals surface area (Å²) < 4.78 is 0. The number of nitrogens with one attached hydrogen (secondary N) is 1. The number of nitrogens with zero attached hydrogens (tertiary/aromatic N) is 1. The minimum atomic E-state index is 0.278. The topological polar surface area (TPSA) is 35.5 Å². The Morgan fingerprint density at radius 1 is 1.43 bits per heavy atom. The first-order valence-electron chi connectivity index (χ1n) is 5.96. The summed E-state index contributed by atoms with van der Waals surface area (Å²) in [6.45, 7) is 4.96. The molecule has 14 heavy (non-hydrogen) atoms. The quantitative estimate of drug-likeness (QED) is 0.694. The van der Waals surface area contributed by atoms with E-state index in [1.165, 1.54) is 32.4 Å². The maximum Gasteiger partial charge on any atom is 0.0584 e. The lowest BCUT2D eigenvalue weighted by Gasteiger charge is -2.25. The van der Waals surface area contributed by atoms with Crippen molar-refractivity contribution in [2.24, 2.45) is 0 Å². The highest BCUT2D eigenvalue weighted by Crippen LogP contribution is 2.28. The summed E-state index contributed by atoms with van der Waals surface area (Å²) >= 11 is 0. The molecule has 0 aromatic rings. The molecule has 2 unspecified atom stereocenters. The van der Waals surface area contributed by atoms with Crippen LogP contribution in [0.15, 0.2) is 0 Å². The van der Waals surface area contributed by atoms with Crippen molar-refractivity contribution >= 4 is 0 Å². The van der Waals surface area contributed by atoms with Crippen LogP contribution in [-0.4, -0.2) is 47.8 Å². The summed E-state index contributed by atoms with van der Waals surface area (Å²) in [5.41, 5.74) is 0. The van der Waals surface area contributed by atoms with Crippen molar-refractivity contribution in [2.45, 2.75) is 50.7 Å². The van der Waals surface area contributed by atoms with E-state index in [0.717, 1.165) is 12.5 Å². The molecule has 2 aliphatic heterocycles. The Hall–Kier alpha value is -0.120. The Bertz CT molecular complexity index is 182. The van der Waals surface area contributed by atoms with Gasteiger partial charge in [0, 0.05) is 24.7 Å². The fourth-order valence-electron chi connectivity index (χ4n) is 2.88. The van der Waals surface area contributed by atoms with E-state index >= 15 is 0 Å². The zero-order valence-electron chi connectivity index (χ0n) is 9.08. The number of rotatable bonds is 4. The van der Waals surface area contributed by atoms with Gasteiger partial charge in [0.15, 0.2) is 0 Å². The predicted octanol–water partition coefficient (Wildman–Crippen LogP) is 0.584. The van der Waals surface area contributed by atoms with Crippen molar-refractivity contribution in [1.29, 1.82) is 0 Å². The second kappa shape index (κ2) is 4.60. The van der Waals surface area contributed by atoms with E-state index in [9.17, 15) is 0 Å². The third kappa shape index (κ3) is 1.95. The van der Waals surface area contributed by atoms with Gasteiger partial charge in [0.05, 0.1) is 6.61 Å². The summed E-state index contributed by atoms with van der Waals surface area (Å²) in [6.07, 6.45) is 5.00. The summed E-state index contributed by atoms with van der Waals surface area (Å²) in [4.78, 5) is 2.60. The van der Waals surface area contributed by atoms with E-state index in [-0.39, 0.29) is 6.61 Å². The van der Waals surface area contributed by atoms with Crippen molar-refractivity contribution in [1.82, 2.24) is 10.2 Å². The second-order valence-electron chi connectivity index (χ2n) is 4.60. The van der Waals surface area contributed by atoms with Crippen LogP contribution in [0, 0.1) is 0 Å². The predicted molar refractivity (Wildman–Crippen MR) is 57.3 cm³/mol. The number of fused-ring (bicyclic) bond motifs is 1. The van der Waals surface area contributed by atoms with Gasteiger partial charge in [-0.2, -0.15) is 0 Å². The fraction of sp³-hybridized carbons (Fsp3) is 1.00. The van der Waals surface area contributed by atoms with Crippen molar-refractivity contribution in [2.75, 3.05) is 19.7 Å². The molecule has 0 aromatic heterocycles. The zero-order valence-corrected chi connectivity index (χ0v) is 9.08. The number of aliphatic hydroxyl groups excluding tert-OH is 1. The van der Waals surface area contributed by atoms with Gasteiger partial charge >= 0.3 is 0 Å². The van der Waals surface area contributed by atoms with Crippen LogP contribution in [0.25, 0.3) is 0 Å². The summed E-state index contributed by atoms with van der Waals surface area (Å²) in [5.74, 6) is 0. The smallest absolute Gasteiger partial charge is 0.0584 e. The molecule has 3 nitrogen and oxygen atoms in total. The largest absolute Gasteiger partial charge is 0.395 e. The highest BCUT2D eigenvalue weighted by Gasteiger charge is 2.37. The van der Waals surface area contributed by atoms with Crippen LogP contribution in [0.3, 0.4) is 0 Å². The van der Waals surface area contributed by atoms with Gasteiger partial charge in [-0.15, -0.1) is 0 Å². The van der Waals surface area contributed by atoms with Gasteiger partial charge < -0.3 is 10.4 Å². The molecule has 0 aromatic carbocycles. The van der Waals surface area contributed by atoms with Gasteiger partial charge in [-0.25, -0.2) is 0 Å². The molecule has 3 heteroatoms. The molecule has 0 radical (unpaired) electrons. The van der Waals surface area contributed by atoms with Crippen LogP contribution < -0.4 is 5.32 Å². The molecule has 3 atom stereocenters. The normalized spacial score (nSPS) is 34.7. The van der Waals surface area contributed by atoms with Crippen molar-refractivity contribution in [3.05, 3.63) is 0 Å². The van der Waals surface area contributed by atoms with E-state index < -0.39 is 0 Å². The first-order valence-corrected chi connectivity index (χ1v) is 5.96. The van der Waals surface area contributed by atoms with Gasteiger partial charge in [0.1, 0.15) is 0 Å². The third-order valence-electron chi connectivity index (χ3n) is 3.77. The molecule has 0 amide bonds. The lowest BCUT2D eigenvalue weighted by Crippen LogP contribution is -2.45. The Labute approximate surface area is 86.5 Å². The fourth-order valence-corrected chi connectivity index (χ4v) is 2.88. The molecule has 82 valence electrons. The van der Waals surface area contributed by atoms with E-state index in [1.54, 1.807) is 0 Å². The standard InChI is InChI=1S/C11H22N2O/c1-2-9(8-14)12-10-5-7-13-6-3-4-11(10)13/h9-12,14H,2-8H2,1H3/t9-,10?,11?/m0/s1. The van der Waals surface area contributed by atoms with Gasteiger partial charge in [0.25, 0.3) is 0 Å². The lowest BCUT2D eigenvalue weighted by molar-refractivity contribution is 0.214. The maximum atomic E-state index is 9.15. The average molecular weight is 198 g/mol. The van der Waals surface area contributed by atoms with Gasteiger partial charge in [-0.1, -0.05) is 6.92 Å². The molecule has 2 fully saturated rings. The Morgan fingerprint density at radius 2 is 2.29 bits per heavy atom. The van der Waals surface area contributed by atoms with E-state index in [2.05, 4.69) is 17.1 Å². The van der Waals surface area contributed by atoms with E-state index in [4.69, 9.17) is 5.11 Å². The number of aliphatic hydroxyl groups is 1. The number of hydrogen-bond donors (Lipinski definition) is 2. The van der Waals surface area contributed by atoms with Gasteiger partial charge in [-0.05, 0) is 32.2 Å². The van der Waals surface area contributed by atoms with Crippen molar-refractivity contribution in [3.8, 4) is 0 Å². The van der Waals surface area contributed by atoms with Crippen LogP contribution in [0.1, 0.15) is 32.6 Å². The van der Waals surface area contributed by atoms with Crippen LogP contribution in [0.4, 0.5) is 0 Å². The Morgan fingerprint density at radius 3 is 3.00 bits per heavy atom. The molecule has 2 aliphatic rings. The van der Waals surface area contributed by atoms with E-state index in [1.807, 2.05) is 0 Å². The SMILES string of the molecule is CC[C@@H](CO)NC1CCN2CCCC12. The average Bonchev–Trinajstić information content (AvgIpc) is 2.77. The molecule has 2 saturated heterocycles. The highest BCUT2D eigenvalue weighted by atomic mass is 16.3. The van der Waals surface area contributed by atoms with Crippen molar-refractivity contribution in [3.63, 3.8) is 0 Å². The molecule has 0 aliphatic carbocycles. The first-order chi connectivity index (χ1) is 6.85. The van der Waals surface area contributed by atoms with Crippen LogP contribution in [0.5, 0.6) is 0 Å². The summed E-state index contributed by atoms with van der Waals surface area (Å²) in [5, 5.41) is 12.7. The van der Waals surface area contributed by atoms with E-state index in [0.29, 0.717) is 12.1 Å². The maximum absolute atomic E-state index is 9.15. The van der Waals surface area contributed by atoms with Crippen LogP contribution in [0.2, 0.25) is 0 Å². The van der Waals surface area contributed by atoms with Gasteiger partial charge in [0.2, 0.25) is 0 Å². The Kier molecular flexibility index (Phi) is 3.42. The molecule has 0 bridgehead atoms. The summed E-state index contributed by atoms with van der Waals surface area (Å²) in [7, 11) is 0. The molecule has 0 saturated carbocycles. The van der Waals surface area contributed by atoms with Crippen LogP contribution in [-0.2, 0) is 0 Å². The lowest BCUT2D eigenvalue weighted by atomic mass is 10.0. The third-order valence-corrected chi connectivity index (χ3v) is 3.77. The first kappa shape index (κ1) is 10.4. The minimum Gasteiger partial charge on any atom is -0.395 e. The van der Waals surface area contributed by atoms with Crippen LogP contribution >= 0.6 is 0 Å². The minimum absolute atomic E-state index is 0.278. The zero-order chi connectivity index (χ0) is 9.97. The Balaban J connectivity index is 1.86. The molecular weight excluding hydrogens is 176 g/mol. The molecule has 2 rings (SSSR count). The second-order valence-corrected chi connectivity index (χ2v) is 4.60.